The predicted molar refractivity (Wildman–Crippen MR) is 101 cm³/mol. The topological polar surface area (TPSA) is 50.4 Å². The minimum Gasteiger partial charge on any atom is -0.462 e. The highest BCUT2D eigenvalue weighted by Crippen LogP contribution is 2.10. The molecular weight excluding hydrogens is 320 g/mol. The molecule has 24 heavy (non-hydrogen) atoms. The van der Waals surface area contributed by atoms with E-state index in [4.69, 9.17) is 17.0 Å². The second-order valence-corrected chi connectivity index (χ2v) is 5.74. The van der Waals surface area contributed by atoms with Crippen LogP contribution in [0.4, 0.5) is 5.69 Å². The van der Waals surface area contributed by atoms with Crippen molar-refractivity contribution in [1.82, 2.24) is 5.32 Å². The van der Waals surface area contributed by atoms with Crippen LogP contribution < -0.4 is 10.6 Å². The van der Waals surface area contributed by atoms with Crippen molar-refractivity contribution in [2.24, 2.45) is 0 Å². The Morgan fingerprint density at radius 1 is 1.08 bits per heavy atom. The van der Waals surface area contributed by atoms with Crippen LogP contribution in [0.15, 0.2) is 54.6 Å². The second-order valence-electron chi connectivity index (χ2n) is 5.33. The minimum absolute atomic E-state index is 0.299. The summed E-state index contributed by atoms with van der Waals surface area (Å²) in [6, 6.07) is 17.3. The molecule has 0 aliphatic heterocycles. The zero-order valence-corrected chi connectivity index (χ0v) is 14.6. The normalized spacial score (nSPS) is 10.0. The number of anilines is 1. The fourth-order valence-corrected chi connectivity index (χ4v) is 2.33. The molecule has 2 aromatic rings. The largest absolute Gasteiger partial charge is 0.462 e. The molecule has 2 aromatic carbocycles. The molecule has 4 nitrogen and oxygen atoms in total. The highest BCUT2D eigenvalue weighted by Gasteiger charge is 2.06. The first-order valence-electron chi connectivity index (χ1n) is 8.05. The van der Waals surface area contributed by atoms with E-state index in [0.717, 1.165) is 25.1 Å². The smallest absolute Gasteiger partial charge is 0.338 e. The molecule has 0 atom stereocenters. The Morgan fingerprint density at radius 3 is 2.46 bits per heavy atom. The maximum absolute atomic E-state index is 11.7. The van der Waals surface area contributed by atoms with E-state index in [1.807, 2.05) is 37.3 Å². The van der Waals surface area contributed by atoms with E-state index in [0.29, 0.717) is 17.3 Å². The van der Waals surface area contributed by atoms with Crippen LogP contribution in [-0.4, -0.2) is 24.2 Å². The molecule has 2 rings (SSSR count). The van der Waals surface area contributed by atoms with Crippen LogP contribution >= 0.6 is 12.2 Å². The van der Waals surface area contributed by atoms with Gasteiger partial charge in [-0.25, -0.2) is 4.79 Å². The number of ether oxygens (including phenoxy) is 1. The van der Waals surface area contributed by atoms with Crippen molar-refractivity contribution in [2.45, 2.75) is 19.8 Å². The summed E-state index contributed by atoms with van der Waals surface area (Å²) in [5.74, 6) is -0.299. The van der Waals surface area contributed by atoms with E-state index in [2.05, 4.69) is 22.8 Å². The molecule has 0 spiro atoms. The average molecular weight is 342 g/mol. The third-order valence-electron chi connectivity index (χ3n) is 3.36. The van der Waals surface area contributed by atoms with Gasteiger partial charge in [-0.15, -0.1) is 0 Å². The Labute approximate surface area is 148 Å². The molecule has 0 bridgehead atoms. The van der Waals surface area contributed by atoms with Gasteiger partial charge in [0.15, 0.2) is 5.11 Å². The van der Waals surface area contributed by atoms with Crippen molar-refractivity contribution in [2.75, 3.05) is 18.5 Å². The van der Waals surface area contributed by atoms with Gasteiger partial charge in [0.05, 0.1) is 12.2 Å². The lowest BCUT2D eigenvalue weighted by Gasteiger charge is -2.11. The summed E-state index contributed by atoms with van der Waals surface area (Å²) in [7, 11) is 0. The Bertz CT molecular complexity index is 657. The number of thiocarbonyl (C=S) groups is 1. The van der Waals surface area contributed by atoms with Crippen molar-refractivity contribution in [3.8, 4) is 0 Å². The molecule has 0 fully saturated rings. The van der Waals surface area contributed by atoms with Crippen molar-refractivity contribution >= 4 is 29.0 Å². The zero-order chi connectivity index (χ0) is 17.2. The van der Waals surface area contributed by atoms with E-state index in [-0.39, 0.29) is 5.97 Å². The van der Waals surface area contributed by atoms with Crippen molar-refractivity contribution < 1.29 is 9.53 Å². The number of hydrogen-bond acceptors (Lipinski definition) is 3. The van der Waals surface area contributed by atoms with E-state index in [1.54, 1.807) is 12.1 Å². The van der Waals surface area contributed by atoms with Gasteiger partial charge in [-0.3, -0.25) is 0 Å². The molecule has 0 aliphatic rings. The summed E-state index contributed by atoms with van der Waals surface area (Å²) < 4.78 is 5.10. The predicted octanol–water partition coefficient (Wildman–Crippen LogP) is 3.78. The summed E-state index contributed by atoms with van der Waals surface area (Å²) in [5.41, 5.74) is 2.64. The van der Waals surface area contributed by atoms with Crippen LogP contribution in [0.2, 0.25) is 0 Å². The number of benzene rings is 2. The summed E-state index contributed by atoms with van der Waals surface area (Å²) >= 11 is 5.28. The number of rotatable bonds is 7. The van der Waals surface area contributed by atoms with E-state index < -0.39 is 0 Å². The van der Waals surface area contributed by atoms with E-state index >= 15 is 0 Å². The van der Waals surface area contributed by atoms with Gasteiger partial charge in [-0.2, -0.15) is 0 Å². The van der Waals surface area contributed by atoms with E-state index in [9.17, 15) is 4.79 Å². The highest BCUT2D eigenvalue weighted by molar-refractivity contribution is 7.80. The first-order valence-corrected chi connectivity index (χ1v) is 8.46. The monoisotopic (exact) mass is 342 g/mol. The van der Waals surface area contributed by atoms with Gasteiger partial charge in [-0.1, -0.05) is 37.3 Å². The van der Waals surface area contributed by atoms with E-state index in [1.165, 1.54) is 5.56 Å². The Morgan fingerprint density at radius 2 is 1.79 bits per heavy atom. The molecule has 0 aliphatic carbocycles. The molecule has 0 saturated heterocycles. The standard InChI is InChI=1S/C19H22N2O2S/c1-2-14-23-18(22)16-8-10-17(11-9-16)21-19(24)20-13-12-15-6-4-3-5-7-15/h3-11H,2,12-14H2,1H3,(H2,20,21,24). The Hall–Kier alpha value is -2.40. The van der Waals surface area contributed by atoms with Crippen LogP contribution in [0.3, 0.4) is 0 Å². The first-order chi connectivity index (χ1) is 11.7. The fraction of sp³-hybridized carbons (Fsp3) is 0.263. The maximum Gasteiger partial charge on any atom is 0.338 e. The van der Waals surface area contributed by atoms with Gasteiger partial charge >= 0.3 is 5.97 Å². The molecule has 0 radical (unpaired) electrons. The lowest BCUT2D eigenvalue weighted by atomic mass is 10.1. The van der Waals surface area contributed by atoms with Gasteiger partial charge in [0.25, 0.3) is 0 Å². The molecule has 2 N–H and O–H groups in total. The van der Waals surface area contributed by atoms with Crippen molar-refractivity contribution in [3.05, 3.63) is 65.7 Å². The van der Waals surface area contributed by atoms with Crippen LogP contribution in [0.25, 0.3) is 0 Å². The third-order valence-corrected chi connectivity index (χ3v) is 3.60. The van der Waals surface area contributed by atoms with Gasteiger partial charge in [-0.05, 0) is 54.9 Å². The van der Waals surface area contributed by atoms with Gasteiger partial charge in [0.2, 0.25) is 0 Å². The first kappa shape index (κ1) is 17.9. The molecule has 5 heteroatoms. The number of nitrogens with one attached hydrogen (secondary N) is 2. The van der Waals surface area contributed by atoms with Crippen molar-refractivity contribution in [3.63, 3.8) is 0 Å². The second kappa shape index (κ2) is 9.67. The molecule has 126 valence electrons. The van der Waals surface area contributed by atoms with Crippen molar-refractivity contribution in [1.29, 1.82) is 0 Å². The molecular formula is C19H22N2O2S. The van der Waals surface area contributed by atoms with Gasteiger partial charge in [0, 0.05) is 12.2 Å². The Balaban J connectivity index is 1.76. The summed E-state index contributed by atoms with van der Waals surface area (Å²) in [6.45, 7) is 3.16. The van der Waals surface area contributed by atoms with Crippen LogP contribution in [0.1, 0.15) is 29.3 Å². The SMILES string of the molecule is CCCOC(=O)c1ccc(NC(=S)NCCc2ccccc2)cc1. The zero-order valence-electron chi connectivity index (χ0n) is 13.7. The van der Waals surface area contributed by atoms with Gasteiger partial charge < -0.3 is 15.4 Å². The maximum atomic E-state index is 11.7. The quantitative estimate of drug-likeness (QED) is 0.592. The number of esters is 1. The summed E-state index contributed by atoms with van der Waals surface area (Å²) in [5, 5.41) is 6.84. The third kappa shape index (κ3) is 6.01. The molecule has 0 heterocycles. The minimum atomic E-state index is -0.299. The number of carbonyl (C=O) groups excluding carboxylic acids is 1. The van der Waals surface area contributed by atoms with Crippen LogP contribution in [0.5, 0.6) is 0 Å². The highest BCUT2D eigenvalue weighted by atomic mass is 32.1. The molecule has 0 aromatic heterocycles. The summed E-state index contributed by atoms with van der Waals surface area (Å²) in [4.78, 5) is 11.7. The molecule has 0 amide bonds. The van der Waals surface area contributed by atoms with Crippen LogP contribution in [0, 0.1) is 0 Å². The lowest BCUT2D eigenvalue weighted by Crippen LogP contribution is -2.30. The number of hydrogen-bond donors (Lipinski definition) is 2. The molecule has 0 unspecified atom stereocenters. The lowest BCUT2D eigenvalue weighted by molar-refractivity contribution is 0.0505. The Kier molecular flexibility index (Phi) is 7.23. The molecule has 0 saturated carbocycles. The number of carbonyl (C=O) groups is 1. The van der Waals surface area contributed by atoms with Gasteiger partial charge in [0.1, 0.15) is 0 Å². The average Bonchev–Trinajstić information content (AvgIpc) is 2.61. The fourth-order valence-electron chi connectivity index (χ4n) is 2.11. The summed E-state index contributed by atoms with van der Waals surface area (Å²) in [6.07, 6.45) is 1.72. The van der Waals surface area contributed by atoms with Crippen LogP contribution in [-0.2, 0) is 11.2 Å².